The van der Waals surface area contributed by atoms with E-state index in [0.717, 1.165) is 0 Å². The monoisotopic (exact) mass is 231 g/mol. The van der Waals surface area contributed by atoms with Gasteiger partial charge in [0.1, 0.15) is 0 Å². The molecule has 0 rings (SSSR count). The molecule has 0 heterocycles. The van der Waals surface area contributed by atoms with Gasteiger partial charge in [-0.3, -0.25) is 0 Å². The number of hydrogen-bond donors (Lipinski definition) is 6. The molecule has 0 saturated heterocycles. The average Bonchev–Trinajstić information content (AvgIpc) is 1.80. The fourth-order valence-corrected chi connectivity index (χ4v) is 0.501. The van der Waals surface area contributed by atoms with Crippen molar-refractivity contribution in [1.82, 2.24) is 5.32 Å². The highest BCUT2D eigenvalue weighted by Crippen LogP contribution is 2.25. The Hall–Kier alpha value is -0.0100. The number of hydrogen-bond acceptors (Lipinski definition) is 4. The van der Waals surface area contributed by atoms with Gasteiger partial charge in [-0.15, -0.1) is 0 Å². The summed E-state index contributed by atoms with van der Waals surface area (Å²) in [7, 11) is -4.64. The quantitative estimate of drug-likeness (QED) is 0.321. The fourth-order valence-electron chi connectivity index (χ4n) is 0.501. The van der Waals surface area contributed by atoms with Crippen molar-refractivity contribution >= 4 is 7.82 Å². The SMILES string of the molecule is CC(O)CNCC(C)O.O=P(O)(O)O. The minimum absolute atomic E-state index is 0.330. The summed E-state index contributed by atoms with van der Waals surface area (Å²) in [5, 5.41) is 20.3. The Balaban J connectivity index is 0. The van der Waals surface area contributed by atoms with E-state index in [1.54, 1.807) is 13.8 Å². The van der Waals surface area contributed by atoms with Gasteiger partial charge >= 0.3 is 7.82 Å². The zero-order chi connectivity index (χ0) is 11.8. The first kappa shape index (κ1) is 16.4. The maximum absolute atomic E-state index is 8.88. The second-order valence-electron chi connectivity index (χ2n) is 2.87. The van der Waals surface area contributed by atoms with Crippen molar-refractivity contribution in [2.45, 2.75) is 26.1 Å². The van der Waals surface area contributed by atoms with Crippen LogP contribution in [0.15, 0.2) is 0 Å². The van der Waals surface area contributed by atoms with E-state index in [0.29, 0.717) is 13.1 Å². The Kier molecular flexibility index (Phi) is 9.75. The highest BCUT2D eigenvalue weighted by atomic mass is 31.2. The van der Waals surface area contributed by atoms with Crippen molar-refractivity contribution in [3.8, 4) is 0 Å². The summed E-state index contributed by atoms with van der Waals surface area (Å²) in [6, 6.07) is 0. The Morgan fingerprint density at radius 3 is 1.43 bits per heavy atom. The molecule has 2 atom stereocenters. The van der Waals surface area contributed by atoms with Crippen LogP contribution in [0, 0.1) is 0 Å². The van der Waals surface area contributed by atoms with Crippen LogP contribution in [0.2, 0.25) is 0 Å². The minimum Gasteiger partial charge on any atom is -0.392 e. The van der Waals surface area contributed by atoms with Gasteiger partial charge in [-0.05, 0) is 13.8 Å². The summed E-state index contributed by atoms with van der Waals surface area (Å²) in [6.45, 7) is 4.50. The Morgan fingerprint density at radius 2 is 1.29 bits per heavy atom. The van der Waals surface area contributed by atoms with Gasteiger partial charge in [0.2, 0.25) is 0 Å². The van der Waals surface area contributed by atoms with E-state index in [2.05, 4.69) is 5.32 Å². The Labute approximate surface area is 82.6 Å². The van der Waals surface area contributed by atoms with Gasteiger partial charge in [-0.2, -0.15) is 0 Å². The molecule has 0 saturated carbocycles. The molecule has 7 nitrogen and oxygen atoms in total. The second kappa shape index (κ2) is 8.31. The van der Waals surface area contributed by atoms with Gasteiger partial charge in [-0.1, -0.05) is 0 Å². The lowest BCUT2D eigenvalue weighted by Crippen LogP contribution is -2.30. The van der Waals surface area contributed by atoms with E-state index in [-0.39, 0.29) is 12.2 Å². The summed E-state index contributed by atoms with van der Waals surface area (Å²) < 4.78 is 8.88. The van der Waals surface area contributed by atoms with Crippen molar-refractivity contribution < 1.29 is 29.5 Å². The zero-order valence-corrected chi connectivity index (χ0v) is 9.05. The first-order chi connectivity index (χ1) is 6.13. The van der Waals surface area contributed by atoms with Gasteiger partial charge in [0, 0.05) is 13.1 Å². The summed E-state index contributed by atoms with van der Waals surface area (Å²) in [6.07, 6.45) is -0.660. The average molecular weight is 231 g/mol. The highest BCUT2D eigenvalue weighted by molar-refractivity contribution is 7.45. The van der Waals surface area contributed by atoms with Crippen molar-refractivity contribution in [3.05, 3.63) is 0 Å². The van der Waals surface area contributed by atoms with Gasteiger partial charge in [-0.25, -0.2) is 4.57 Å². The lowest BCUT2D eigenvalue weighted by molar-refractivity contribution is 0.164. The van der Waals surface area contributed by atoms with Crippen LogP contribution < -0.4 is 5.32 Å². The van der Waals surface area contributed by atoms with Crippen LogP contribution in [0.4, 0.5) is 0 Å². The van der Waals surface area contributed by atoms with Gasteiger partial charge < -0.3 is 30.2 Å². The molecule has 0 aromatic rings. The van der Waals surface area contributed by atoms with E-state index in [1.165, 1.54) is 0 Å². The standard InChI is InChI=1S/C6H15NO2.H3O4P/c1-5(8)3-7-4-6(2)9;1-5(2,3)4/h5-9H,3-4H2,1-2H3;(H3,1,2,3,4). The van der Waals surface area contributed by atoms with Gasteiger partial charge in [0.25, 0.3) is 0 Å². The second-order valence-corrected chi connectivity index (χ2v) is 3.90. The summed E-state index contributed by atoms with van der Waals surface area (Å²) in [4.78, 5) is 21.6. The summed E-state index contributed by atoms with van der Waals surface area (Å²) in [5.41, 5.74) is 0. The van der Waals surface area contributed by atoms with Gasteiger partial charge in [0.15, 0.2) is 0 Å². The molecule has 8 heteroatoms. The lowest BCUT2D eigenvalue weighted by Gasteiger charge is -2.07. The smallest absolute Gasteiger partial charge is 0.392 e. The molecule has 0 radical (unpaired) electrons. The third kappa shape index (κ3) is 40.4. The summed E-state index contributed by atoms with van der Waals surface area (Å²) in [5.74, 6) is 0. The highest BCUT2D eigenvalue weighted by Gasteiger charge is 2.00. The first-order valence-corrected chi connectivity index (χ1v) is 5.54. The van der Waals surface area contributed by atoms with E-state index in [9.17, 15) is 0 Å². The van der Waals surface area contributed by atoms with Crippen LogP contribution in [0.5, 0.6) is 0 Å². The van der Waals surface area contributed by atoms with Crippen molar-refractivity contribution in [2.75, 3.05) is 13.1 Å². The molecule has 0 spiro atoms. The third-order valence-electron chi connectivity index (χ3n) is 0.879. The third-order valence-corrected chi connectivity index (χ3v) is 0.879. The predicted octanol–water partition coefficient (Wildman–Crippen LogP) is -1.59. The number of aliphatic hydroxyl groups is 2. The maximum atomic E-state index is 8.88. The molecule has 0 aliphatic heterocycles. The van der Waals surface area contributed by atoms with Crippen molar-refractivity contribution in [1.29, 1.82) is 0 Å². The van der Waals surface area contributed by atoms with Crippen LogP contribution in [-0.2, 0) is 4.57 Å². The van der Waals surface area contributed by atoms with Crippen LogP contribution in [0.3, 0.4) is 0 Å². The van der Waals surface area contributed by atoms with Crippen molar-refractivity contribution in [2.24, 2.45) is 0 Å². The molecule has 0 aliphatic carbocycles. The molecular weight excluding hydrogens is 213 g/mol. The first-order valence-electron chi connectivity index (χ1n) is 3.98. The molecule has 0 bridgehead atoms. The minimum atomic E-state index is -4.64. The molecule has 6 N–H and O–H groups in total. The molecule has 0 aromatic carbocycles. The maximum Gasteiger partial charge on any atom is 0.466 e. The van der Waals surface area contributed by atoms with Crippen LogP contribution in [0.25, 0.3) is 0 Å². The van der Waals surface area contributed by atoms with Crippen molar-refractivity contribution in [3.63, 3.8) is 0 Å². The number of rotatable bonds is 4. The predicted molar refractivity (Wildman–Crippen MR) is 50.5 cm³/mol. The topological polar surface area (TPSA) is 130 Å². The normalized spacial score (nSPS) is 15.4. The fraction of sp³-hybridized carbons (Fsp3) is 1.00. The Bertz CT molecular complexity index is 151. The van der Waals surface area contributed by atoms with Crippen LogP contribution >= 0.6 is 7.82 Å². The molecule has 0 amide bonds. The van der Waals surface area contributed by atoms with E-state index in [4.69, 9.17) is 29.5 Å². The molecule has 14 heavy (non-hydrogen) atoms. The van der Waals surface area contributed by atoms with Gasteiger partial charge in [0.05, 0.1) is 12.2 Å². The van der Waals surface area contributed by atoms with Crippen LogP contribution in [-0.4, -0.2) is 50.2 Å². The number of nitrogens with one attached hydrogen (secondary N) is 1. The molecule has 0 aliphatic rings. The van der Waals surface area contributed by atoms with E-state index >= 15 is 0 Å². The number of aliphatic hydroxyl groups excluding tert-OH is 2. The molecule has 0 fully saturated rings. The molecule has 88 valence electrons. The largest absolute Gasteiger partial charge is 0.466 e. The van der Waals surface area contributed by atoms with E-state index < -0.39 is 7.82 Å². The molecule has 0 aromatic heterocycles. The molecular formula is C6H18NO6P. The Morgan fingerprint density at radius 1 is 1.07 bits per heavy atom. The number of phosphoric acid groups is 1. The van der Waals surface area contributed by atoms with E-state index in [1.807, 2.05) is 0 Å². The molecule has 2 unspecified atom stereocenters. The summed E-state index contributed by atoms with van der Waals surface area (Å²) >= 11 is 0. The zero-order valence-electron chi connectivity index (χ0n) is 8.16. The van der Waals surface area contributed by atoms with Crippen LogP contribution in [0.1, 0.15) is 13.8 Å². The lowest BCUT2D eigenvalue weighted by atomic mass is 10.3.